The Kier molecular flexibility index (Phi) is 6.73. The van der Waals surface area contributed by atoms with Gasteiger partial charge in [0, 0.05) is 0 Å². The Morgan fingerprint density at radius 2 is 1.74 bits per heavy atom. The quantitative estimate of drug-likeness (QED) is 0.462. The van der Waals surface area contributed by atoms with Gasteiger partial charge in [0.15, 0.2) is 5.92 Å². The predicted octanol–water partition coefficient (Wildman–Crippen LogP) is 6.29. The van der Waals surface area contributed by atoms with Gasteiger partial charge in [-0.15, -0.1) is 0 Å². The molecule has 0 saturated heterocycles. The average Bonchev–Trinajstić information content (AvgIpc) is 2.77. The van der Waals surface area contributed by atoms with Gasteiger partial charge in [-0.2, -0.15) is 13.2 Å². The summed E-state index contributed by atoms with van der Waals surface area (Å²) in [5.74, 6) is -4.50. The largest absolute Gasteiger partial charge is 0.459 e. The second-order valence-corrected chi connectivity index (χ2v) is 11.3. The Balaban J connectivity index is 1.60. The van der Waals surface area contributed by atoms with Crippen molar-refractivity contribution in [2.75, 3.05) is 0 Å². The van der Waals surface area contributed by atoms with E-state index in [2.05, 4.69) is 13.8 Å². The number of benzene rings is 2. The number of hydrogen-bond donors (Lipinski definition) is 1. The Hall–Kier alpha value is -2.12. The minimum absolute atomic E-state index is 0.0286. The molecule has 6 atom stereocenters. The first-order valence-corrected chi connectivity index (χ1v) is 12.3. The van der Waals surface area contributed by atoms with Gasteiger partial charge in [0.25, 0.3) is 0 Å². The van der Waals surface area contributed by atoms with Crippen LogP contribution in [0, 0.1) is 29.1 Å². The van der Waals surface area contributed by atoms with Crippen LogP contribution < -0.4 is 0 Å². The number of aliphatic hydroxyl groups is 1. The monoisotopic (exact) mass is 492 g/mol. The second kappa shape index (κ2) is 9.07. The standard InChI is InChI=1S/C28H35F3O4/c1-16(2)24(32)23(28(29,30)31)25(33)35-22-14-19-13-21(26(19,3)4)27(22,5)34-15-18-11-8-10-17-9-6-7-12-20(17)18/h6-12,16,19,21-24,32H,13-15H2,1-5H3/t19-,21-,22+,23+,24+,27-/m1/s1. The van der Waals surface area contributed by atoms with Crippen LogP contribution in [0.25, 0.3) is 10.8 Å². The fraction of sp³-hybridized carbons (Fsp3) is 0.607. The summed E-state index contributed by atoms with van der Waals surface area (Å²) < 4.78 is 53.4. The lowest BCUT2D eigenvalue weighted by molar-refractivity contribution is -0.282. The third-order valence-corrected chi connectivity index (χ3v) is 8.61. The van der Waals surface area contributed by atoms with Crippen LogP contribution in [0.5, 0.6) is 0 Å². The van der Waals surface area contributed by atoms with Gasteiger partial charge in [0.1, 0.15) is 11.7 Å². The van der Waals surface area contributed by atoms with Gasteiger partial charge in [0.05, 0.1) is 12.7 Å². The molecule has 4 nitrogen and oxygen atoms in total. The second-order valence-electron chi connectivity index (χ2n) is 11.3. The summed E-state index contributed by atoms with van der Waals surface area (Å²) in [6.45, 7) is 9.30. The van der Waals surface area contributed by atoms with Crippen LogP contribution in [-0.2, 0) is 20.9 Å². The van der Waals surface area contributed by atoms with E-state index in [0.29, 0.717) is 6.42 Å². The number of carbonyl (C=O) groups is 1. The van der Waals surface area contributed by atoms with Crippen LogP contribution in [0.3, 0.4) is 0 Å². The molecule has 2 aromatic rings. The molecular weight excluding hydrogens is 457 g/mol. The average molecular weight is 493 g/mol. The predicted molar refractivity (Wildman–Crippen MR) is 127 cm³/mol. The first-order chi connectivity index (χ1) is 16.3. The van der Waals surface area contributed by atoms with Crippen molar-refractivity contribution in [1.29, 1.82) is 0 Å². The molecule has 1 N–H and O–H groups in total. The van der Waals surface area contributed by atoms with E-state index < -0.39 is 41.8 Å². The minimum atomic E-state index is -4.90. The molecule has 0 spiro atoms. The molecule has 0 aliphatic heterocycles. The maximum Gasteiger partial charge on any atom is 0.404 e. The highest BCUT2D eigenvalue weighted by atomic mass is 19.4. The number of alkyl halides is 3. The topological polar surface area (TPSA) is 55.8 Å². The molecule has 3 aliphatic rings. The molecule has 2 bridgehead atoms. The van der Waals surface area contributed by atoms with Gasteiger partial charge in [0.2, 0.25) is 0 Å². The van der Waals surface area contributed by atoms with Crippen molar-refractivity contribution in [3.8, 4) is 0 Å². The van der Waals surface area contributed by atoms with Crippen molar-refractivity contribution >= 4 is 16.7 Å². The highest BCUT2D eigenvalue weighted by molar-refractivity contribution is 5.85. The van der Waals surface area contributed by atoms with E-state index in [0.717, 1.165) is 22.8 Å². The highest BCUT2D eigenvalue weighted by Gasteiger charge is 2.66. The summed E-state index contributed by atoms with van der Waals surface area (Å²) in [4.78, 5) is 12.9. The van der Waals surface area contributed by atoms with E-state index in [1.54, 1.807) is 0 Å². The van der Waals surface area contributed by atoms with Crippen LogP contribution in [0.15, 0.2) is 42.5 Å². The molecule has 3 saturated carbocycles. The lowest BCUT2D eigenvalue weighted by Crippen LogP contribution is -2.68. The molecule has 0 unspecified atom stereocenters. The Morgan fingerprint density at radius 1 is 1.09 bits per heavy atom. The summed E-state index contributed by atoms with van der Waals surface area (Å²) in [5, 5.41) is 12.3. The summed E-state index contributed by atoms with van der Waals surface area (Å²) in [5.41, 5.74) is -0.0572. The lowest BCUT2D eigenvalue weighted by atomic mass is 9.43. The molecule has 7 heteroatoms. The van der Waals surface area contributed by atoms with Gasteiger partial charge in [-0.25, -0.2) is 0 Å². The summed E-state index contributed by atoms with van der Waals surface area (Å²) in [7, 11) is 0. The molecule has 3 fully saturated rings. The fourth-order valence-corrected chi connectivity index (χ4v) is 6.18. The molecule has 192 valence electrons. The molecule has 5 rings (SSSR count). The number of ether oxygens (including phenoxy) is 2. The van der Waals surface area contributed by atoms with Crippen LogP contribution in [0.1, 0.15) is 53.0 Å². The SMILES string of the molecule is CC(C)[C@H](O)[C@@H](C(=O)O[C@H]1C[C@H]2C[C@H](C2(C)C)[C@@]1(C)OCc1cccc2ccccc12)C(F)(F)F. The molecular formula is C28H35F3O4. The van der Waals surface area contributed by atoms with E-state index in [4.69, 9.17) is 9.47 Å². The first kappa shape index (κ1) is 26.0. The van der Waals surface area contributed by atoms with Gasteiger partial charge < -0.3 is 14.6 Å². The summed E-state index contributed by atoms with van der Waals surface area (Å²) in [6.07, 6.45) is -6.29. The molecule has 0 aromatic heterocycles. The number of fused-ring (bicyclic) bond motifs is 3. The summed E-state index contributed by atoms with van der Waals surface area (Å²) >= 11 is 0. The molecule has 35 heavy (non-hydrogen) atoms. The number of carbonyl (C=O) groups excluding carboxylic acids is 1. The number of esters is 1. The minimum Gasteiger partial charge on any atom is -0.459 e. The zero-order valence-corrected chi connectivity index (χ0v) is 20.9. The van der Waals surface area contributed by atoms with Crippen molar-refractivity contribution in [2.24, 2.45) is 29.1 Å². The zero-order valence-electron chi connectivity index (χ0n) is 20.9. The van der Waals surface area contributed by atoms with Gasteiger partial charge >= 0.3 is 12.1 Å². The first-order valence-electron chi connectivity index (χ1n) is 12.3. The third-order valence-electron chi connectivity index (χ3n) is 8.61. The number of halogens is 3. The van der Waals surface area contributed by atoms with Gasteiger partial charge in [-0.1, -0.05) is 70.2 Å². The molecule has 3 aliphatic carbocycles. The van der Waals surface area contributed by atoms with Crippen molar-refractivity contribution in [1.82, 2.24) is 0 Å². The highest BCUT2D eigenvalue weighted by Crippen LogP contribution is 2.64. The van der Waals surface area contributed by atoms with Crippen LogP contribution >= 0.6 is 0 Å². The van der Waals surface area contributed by atoms with Crippen molar-refractivity contribution < 1.29 is 32.5 Å². The maximum absolute atomic E-state index is 13.8. The molecule has 0 heterocycles. The lowest BCUT2D eigenvalue weighted by Gasteiger charge is -2.65. The van der Waals surface area contributed by atoms with Gasteiger partial charge in [-0.3, -0.25) is 4.79 Å². The smallest absolute Gasteiger partial charge is 0.404 e. The van der Waals surface area contributed by atoms with E-state index in [-0.39, 0.29) is 23.9 Å². The Bertz CT molecular complexity index is 1070. The summed E-state index contributed by atoms with van der Waals surface area (Å²) in [6, 6.07) is 13.9. The zero-order chi connectivity index (χ0) is 25.8. The number of rotatable bonds is 7. The van der Waals surface area contributed by atoms with Crippen molar-refractivity contribution in [2.45, 2.75) is 78.1 Å². The van der Waals surface area contributed by atoms with E-state index in [9.17, 15) is 23.1 Å². The van der Waals surface area contributed by atoms with E-state index in [1.807, 2.05) is 49.4 Å². The Morgan fingerprint density at radius 3 is 2.37 bits per heavy atom. The van der Waals surface area contributed by atoms with Crippen LogP contribution in [-0.4, -0.2) is 35.1 Å². The van der Waals surface area contributed by atoms with E-state index in [1.165, 1.54) is 13.8 Å². The van der Waals surface area contributed by atoms with Crippen molar-refractivity contribution in [3.05, 3.63) is 48.0 Å². The van der Waals surface area contributed by atoms with Crippen LogP contribution in [0.4, 0.5) is 13.2 Å². The maximum atomic E-state index is 13.8. The van der Waals surface area contributed by atoms with Gasteiger partial charge in [-0.05, 0) is 59.3 Å². The molecule has 0 amide bonds. The number of hydrogen-bond acceptors (Lipinski definition) is 4. The van der Waals surface area contributed by atoms with E-state index >= 15 is 0 Å². The van der Waals surface area contributed by atoms with Crippen molar-refractivity contribution in [3.63, 3.8) is 0 Å². The normalized spacial score (nSPS) is 29.5. The third kappa shape index (κ3) is 4.57. The van der Waals surface area contributed by atoms with Crippen LogP contribution in [0.2, 0.25) is 0 Å². The molecule has 2 aromatic carbocycles. The fourth-order valence-electron chi connectivity index (χ4n) is 6.18. The molecule has 0 radical (unpaired) electrons. The Labute approximate surface area is 204 Å². The number of aliphatic hydroxyl groups excluding tert-OH is 1.